The van der Waals surface area contributed by atoms with Crippen molar-refractivity contribution in [1.82, 2.24) is 0 Å². The molecule has 0 bridgehead atoms. The zero-order chi connectivity index (χ0) is 11.4. The zero-order valence-corrected chi connectivity index (χ0v) is 8.90. The Morgan fingerprint density at radius 1 is 1.60 bits per heavy atom. The van der Waals surface area contributed by atoms with E-state index in [1.165, 1.54) is 19.1 Å². The second kappa shape index (κ2) is 4.89. The number of nitro groups is 1. The summed E-state index contributed by atoms with van der Waals surface area (Å²) >= 11 is 5.76. The lowest BCUT2D eigenvalue weighted by molar-refractivity contribution is -0.384. The fraction of sp³-hybridized carbons (Fsp3) is 0.300. The molecule has 1 rings (SSSR count). The summed E-state index contributed by atoms with van der Waals surface area (Å²) in [5.74, 6) is -0.136. The molecule has 1 aromatic carbocycles. The van der Waals surface area contributed by atoms with Gasteiger partial charge in [0.1, 0.15) is 5.78 Å². The van der Waals surface area contributed by atoms with E-state index in [2.05, 4.69) is 0 Å². The zero-order valence-electron chi connectivity index (χ0n) is 8.14. The predicted molar refractivity (Wildman–Crippen MR) is 57.1 cm³/mol. The Balaban J connectivity index is 2.82. The van der Waals surface area contributed by atoms with Crippen molar-refractivity contribution in [2.45, 2.75) is 18.7 Å². The Morgan fingerprint density at radius 3 is 2.80 bits per heavy atom. The standard InChI is InChI=1S/C10H10ClNO3/c1-7(13)10(11)6-8-3-2-4-9(5-8)12(14)15/h2-5,10H,6H2,1H3. The maximum Gasteiger partial charge on any atom is 0.269 e. The lowest BCUT2D eigenvalue weighted by Crippen LogP contribution is -2.13. The topological polar surface area (TPSA) is 60.2 Å². The van der Waals surface area contributed by atoms with Gasteiger partial charge in [-0.15, -0.1) is 11.6 Å². The van der Waals surface area contributed by atoms with E-state index >= 15 is 0 Å². The van der Waals surface area contributed by atoms with Crippen LogP contribution in [0.2, 0.25) is 0 Å². The molecule has 0 fully saturated rings. The molecular weight excluding hydrogens is 218 g/mol. The molecule has 4 nitrogen and oxygen atoms in total. The van der Waals surface area contributed by atoms with Crippen LogP contribution in [0.4, 0.5) is 5.69 Å². The minimum absolute atomic E-state index is 0.0138. The Morgan fingerprint density at radius 2 is 2.27 bits per heavy atom. The van der Waals surface area contributed by atoms with E-state index in [0.29, 0.717) is 12.0 Å². The number of rotatable bonds is 4. The number of nitrogens with zero attached hydrogens (tertiary/aromatic N) is 1. The van der Waals surface area contributed by atoms with Crippen LogP contribution in [0.1, 0.15) is 12.5 Å². The van der Waals surface area contributed by atoms with Crippen molar-refractivity contribution in [3.63, 3.8) is 0 Å². The van der Waals surface area contributed by atoms with Crippen LogP contribution in [0.25, 0.3) is 0 Å². The van der Waals surface area contributed by atoms with Crippen molar-refractivity contribution in [2.75, 3.05) is 0 Å². The first-order valence-corrected chi connectivity index (χ1v) is 4.82. The summed E-state index contributed by atoms with van der Waals surface area (Å²) < 4.78 is 0. The molecule has 1 aromatic rings. The van der Waals surface area contributed by atoms with Gasteiger partial charge in [0.15, 0.2) is 0 Å². The Kier molecular flexibility index (Phi) is 3.80. The van der Waals surface area contributed by atoms with Crippen LogP contribution >= 0.6 is 11.6 Å². The van der Waals surface area contributed by atoms with Gasteiger partial charge >= 0.3 is 0 Å². The summed E-state index contributed by atoms with van der Waals surface area (Å²) in [6.07, 6.45) is 0.318. The average molecular weight is 228 g/mol. The number of carbonyl (C=O) groups is 1. The van der Waals surface area contributed by atoms with Crippen molar-refractivity contribution in [2.24, 2.45) is 0 Å². The Bertz CT molecular complexity index is 392. The summed E-state index contributed by atoms with van der Waals surface area (Å²) in [6.45, 7) is 1.40. The molecular formula is C10H10ClNO3. The third-order valence-electron chi connectivity index (χ3n) is 1.98. The maximum absolute atomic E-state index is 10.9. The van der Waals surface area contributed by atoms with Gasteiger partial charge in [0.2, 0.25) is 0 Å². The van der Waals surface area contributed by atoms with Gasteiger partial charge in [-0.1, -0.05) is 12.1 Å². The summed E-state index contributed by atoms with van der Waals surface area (Å²) in [6, 6.07) is 6.13. The van der Waals surface area contributed by atoms with Crippen molar-refractivity contribution in [3.8, 4) is 0 Å². The highest BCUT2D eigenvalue weighted by Crippen LogP contribution is 2.16. The molecule has 80 valence electrons. The van der Waals surface area contributed by atoms with Crippen LogP contribution in [-0.2, 0) is 11.2 Å². The fourth-order valence-corrected chi connectivity index (χ4v) is 1.33. The number of benzene rings is 1. The van der Waals surface area contributed by atoms with Gasteiger partial charge in [-0.25, -0.2) is 0 Å². The van der Waals surface area contributed by atoms with Crippen molar-refractivity contribution < 1.29 is 9.72 Å². The monoisotopic (exact) mass is 227 g/mol. The van der Waals surface area contributed by atoms with Gasteiger partial charge in [-0.3, -0.25) is 14.9 Å². The van der Waals surface area contributed by atoms with Crippen LogP contribution < -0.4 is 0 Å². The number of hydrogen-bond donors (Lipinski definition) is 0. The van der Waals surface area contributed by atoms with E-state index in [-0.39, 0.29) is 11.5 Å². The third-order valence-corrected chi connectivity index (χ3v) is 2.44. The first-order chi connectivity index (χ1) is 7.00. The van der Waals surface area contributed by atoms with Crippen LogP contribution in [0.3, 0.4) is 0 Å². The molecule has 0 saturated carbocycles. The average Bonchev–Trinajstić information content (AvgIpc) is 2.18. The van der Waals surface area contributed by atoms with E-state index in [1.807, 2.05) is 0 Å². The first kappa shape index (κ1) is 11.7. The number of Topliss-reactive ketones (excluding diaryl/α,β-unsaturated/α-hetero) is 1. The molecule has 15 heavy (non-hydrogen) atoms. The molecule has 0 aliphatic heterocycles. The van der Waals surface area contributed by atoms with Crippen LogP contribution in [-0.4, -0.2) is 16.1 Å². The third kappa shape index (κ3) is 3.32. The Labute approximate surface area is 92.0 Å². The molecule has 0 amide bonds. The number of alkyl halides is 1. The van der Waals surface area contributed by atoms with E-state index in [4.69, 9.17) is 11.6 Å². The molecule has 0 heterocycles. The number of halogens is 1. The van der Waals surface area contributed by atoms with Crippen LogP contribution in [0.5, 0.6) is 0 Å². The van der Waals surface area contributed by atoms with E-state index in [9.17, 15) is 14.9 Å². The molecule has 0 spiro atoms. The lowest BCUT2D eigenvalue weighted by atomic mass is 10.1. The molecule has 0 radical (unpaired) electrons. The molecule has 0 aliphatic carbocycles. The van der Waals surface area contributed by atoms with Crippen molar-refractivity contribution in [1.29, 1.82) is 0 Å². The number of nitro benzene ring substituents is 1. The summed E-state index contributed by atoms with van der Waals surface area (Å²) in [4.78, 5) is 20.9. The Hall–Kier alpha value is -1.42. The minimum Gasteiger partial charge on any atom is -0.298 e. The molecule has 1 atom stereocenters. The van der Waals surface area contributed by atoms with Crippen molar-refractivity contribution >= 4 is 23.1 Å². The smallest absolute Gasteiger partial charge is 0.269 e. The second-order valence-corrected chi connectivity index (χ2v) is 3.74. The van der Waals surface area contributed by atoms with Crippen LogP contribution in [0, 0.1) is 10.1 Å². The van der Waals surface area contributed by atoms with E-state index < -0.39 is 10.3 Å². The molecule has 5 heteroatoms. The van der Waals surface area contributed by atoms with Gasteiger partial charge < -0.3 is 0 Å². The molecule has 0 N–H and O–H groups in total. The van der Waals surface area contributed by atoms with Gasteiger partial charge in [0.25, 0.3) is 5.69 Å². The van der Waals surface area contributed by atoms with E-state index in [1.54, 1.807) is 12.1 Å². The highest BCUT2D eigenvalue weighted by atomic mass is 35.5. The minimum atomic E-state index is -0.619. The quantitative estimate of drug-likeness (QED) is 0.451. The number of ketones is 1. The van der Waals surface area contributed by atoms with Gasteiger partial charge in [0.05, 0.1) is 10.3 Å². The normalized spacial score (nSPS) is 12.1. The SMILES string of the molecule is CC(=O)C(Cl)Cc1cccc([N+](=O)[O-])c1. The predicted octanol–water partition coefficient (Wildman–Crippen LogP) is 2.33. The van der Waals surface area contributed by atoms with Gasteiger partial charge in [-0.2, -0.15) is 0 Å². The fourth-order valence-electron chi connectivity index (χ4n) is 1.15. The highest BCUT2D eigenvalue weighted by Gasteiger charge is 2.13. The summed E-state index contributed by atoms with van der Waals surface area (Å²) in [5.41, 5.74) is 0.708. The highest BCUT2D eigenvalue weighted by molar-refractivity contribution is 6.30. The second-order valence-electron chi connectivity index (χ2n) is 3.21. The molecule has 0 saturated heterocycles. The lowest BCUT2D eigenvalue weighted by Gasteiger charge is -2.04. The van der Waals surface area contributed by atoms with Crippen molar-refractivity contribution in [3.05, 3.63) is 39.9 Å². The summed E-state index contributed by atoms with van der Waals surface area (Å²) in [7, 11) is 0. The van der Waals surface area contributed by atoms with E-state index in [0.717, 1.165) is 0 Å². The molecule has 0 aliphatic rings. The summed E-state index contributed by atoms with van der Waals surface area (Å²) in [5, 5.41) is 9.86. The number of hydrogen-bond acceptors (Lipinski definition) is 3. The first-order valence-electron chi connectivity index (χ1n) is 4.38. The largest absolute Gasteiger partial charge is 0.298 e. The number of non-ortho nitro benzene ring substituents is 1. The molecule has 0 aromatic heterocycles. The van der Waals surface area contributed by atoms with Crippen LogP contribution in [0.15, 0.2) is 24.3 Å². The maximum atomic E-state index is 10.9. The number of carbonyl (C=O) groups excluding carboxylic acids is 1. The van der Waals surface area contributed by atoms with Gasteiger partial charge in [0, 0.05) is 12.1 Å². The van der Waals surface area contributed by atoms with Gasteiger partial charge in [-0.05, 0) is 18.9 Å². The molecule has 1 unspecified atom stereocenters.